The number of ether oxygens (including phenoxy) is 1. The Balaban J connectivity index is 1.54. The van der Waals surface area contributed by atoms with Gasteiger partial charge in [-0.15, -0.1) is 0 Å². The summed E-state index contributed by atoms with van der Waals surface area (Å²) in [7, 11) is 0. The molecule has 9 nitrogen and oxygen atoms in total. The number of aryl methyl sites for hydroxylation is 1. The molecule has 0 atom stereocenters. The van der Waals surface area contributed by atoms with Gasteiger partial charge in [0.15, 0.2) is 5.65 Å². The fourth-order valence-electron chi connectivity index (χ4n) is 3.18. The molecule has 2 heterocycles. The topological polar surface area (TPSA) is 108 Å². The number of rotatable bonds is 10. The van der Waals surface area contributed by atoms with E-state index >= 15 is 0 Å². The van der Waals surface area contributed by atoms with E-state index < -0.39 is 0 Å². The second kappa shape index (κ2) is 10.5. The Kier molecular flexibility index (Phi) is 7.53. The van der Waals surface area contributed by atoms with Crippen molar-refractivity contribution in [2.75, 3.05) is 13.2 Å². The maximum absolute atomic E-state index is 12.8. The number of nitrogens with one attached hydrogen (secondary N) is 1. The number of carbonyl (C=O) groups excluding carboxylic acids is 2. The van der Waals surface area contributed by atoms with Crippen molar-refractivity contribution in [3.05, 3.63) is 58.3 Å². The van der Waals surface area contributed by atoms with Crippen LogP contribution in [0.3, 0.4) is 0 Å². The van der Waals surface area contributed by atoms with Gasteiger partial charge in [0.05, 0.1) is 25.9 Å². The molecule has 1 aromatic carbocycles. The number of hydrogen-bond acceptors (Lipinski definition) is 6. The maximum atomic E-state index is 12.8. The number of nitrogens with zero attached hydrogens (tertiary/aromatic N) is 4. The molecule has 0 saturated heterocycles. The minimum absolute atomic E-state index is 0.144. The number of amides is 1. The highest BCUT2D eigenvalue weighted by atomic mass is 16.5. The van der Waals surface area contributed by atoms with Gasteiger partial charge in [0.25, 0.3) is 5.56 Å². The summed E-state index contributed by atoms with van der Waals surface area (Å²) >= 11 is 0. The van der Waals surface area contributed by atoms with E-state index in [-0.39, 0.29) is 30.3 Å². The molecule has 0 bridgehead atoms. The molecule has 164 valence electrons. The van der Waals surface area contributed by atoms with Crippen LogP contribution in [0, 0.1) is 6.92 Å². The van der Waals surface area contributed by atoms with Crippen LogP contribution in [-0.2, 0) is 27.4 Å². The SMILES string of the molecule is CCOC(=O)CCCC(=O)NCCn1ncc2c(=O)n(Cc3ccc(C)cc3)cnc21. The van der Waals surface area contributed by atoms with Gasteiger partial charge in [0, 0.05) is 19.4 Å². The molecule has 3 rings (SSSR count). The first kappa shape index (κ1) is 22.2. The lowest BCUT2D eigenvalue weighted by Crippen LogP contribution is -2.27. The first-order chi connectivity index (χ1) is 15.0. The lowest BCUT2D eigenvalue weighted by Gasteiger charge is -2.08. The molecule has 0 aliphatic heterocycles. The predicted molar refractivity (Wildman–Crippen MR) is 116 cm³/mol. The molecule has 0 spiro atoms. The van der Waals surface area contributed by atoms with Crippen molar-refractivity contribution in [3.63, 3.8) is 0 Å². The van der Waals surface area contributed by atoms with Gasteiger partial charge >= 0.3 is 5.97 Å². The largest absolute Gasteiger partial charge is 0.466 e. The van der Waals surface area contributed by atoms with Crippen molar-refractivity contribution in [2.24, 2.45) is 0 Å². The van der Waals surface area contributed by atoms with Gasteiger partial charge in [-0.2, -0.15) is 5.10 Å². The quantitative estimate of drug-likeness (QED) is 0.496. The third kappa shape index (κ3) is 6.00. The highest BCUT2D eigenvalue weighted by Crippen LogP contribution is 2.08. The summed E-state index contributed by atoms with van der Waals surface area (Å²) in [6, 6.07) is 8.00. The van der Waals surface area contributed by atoms with Crippen molar-refractivity contribution in [3.8, 4) is 0 Å². The van der Waals surface area contributed by atoms with Crippen LogP contribution in [0.4, 0.5) is 0 Å². The van der Waals surface area contributed by atoms with E-state index in [2.05, 4.69) is 15.4 Å². The molecule has 0 radical (unpaired) electrons. The van der Waals surface area contributed by atoms with Gasteiger partial charge in [-0.05, 0) is 25.8 Å². The zero-order valence-corrected chi connectivity index (χ0v) is 17.8. The molecule has 0 aliphatic carbocycles. The molecule has 31 heavy (non-hydrogen) atoms. The van der Waals surface area contributed by atoms with Crippen LogP contribution < -0.4 is 10.9 Å². The summed E-state index contributed by atoms with van der Waals surface area (Å²) in [4.78, 5) is 40.4. The van der Waals surface area contributed by atoms with Gasteiger partial charge in [0.1, 0.15) is 11.7 Å². The maximum Gasteiger partial charge on any atom is 0.305 e. The van der Waals surface area contributed by atoms with Crippen LogP contribution in [0.1, 0.15) is 37.3 Å². The molecule has 9 heteroatoms. The highest BCUT2D eigenvalue weighted by Gasteiger charge is 2.11. The summed E-state index contributed by atoms with van der Waals surface area (Å²) in [6.45, 7) is 5.29. The number of hydrogen-bond donors (Lipinski definition) is 1. The standard InChI is InChI=1S/C22H27N5O4/c1-3-31-20(29)6-4-5-19(28)23-11-12-27-21-18(13-25-27)22(30)26(15-24-21)14-17-9-7-16(2)8-10-17/h7-10,13,15H,3-6,11-12,14H2,1-2H3,(H,23,28). The van der Waals surface area contributed by atoms with Gasteiger partial charge in [-0.25, -0.2) is 9.67 Å². The van der Waals surface area contributed by atoms with Crippen LogP contribution >= 0.6 is 0 Å². The highest BCUT2D eigenvalue weighted by molar-refractivity contribution is 5.77. The Morgan fingerprint density at radius 1 is 1.16 bits per heavy atom. The molecule has 2 aromatic heterocycles. The molecular weight excluding hydrogens is 398 g/mol. The summed E-state index contributed by atoms with van der Waals surface area (Å²) in [6.07, 6.45) is 3.95. The molecule has 0 unspecified atom stereocenters. The Bertz CT molecular complexity index is 1100. The summed E-state index contributed by atoms with van der Waals surface area (Å²) in [5, 5.41) is 7.48. The summed E-state index contributed by atoms with van der Waals surface area (Å²) in [5.41, 5.74) is 2.52. The zero-order valence-electron chi connectivity index (χ0n) is 17.8. The number of fused-ring (bicyclic) bond motifs is 1. The van der Waals surface area contributed by atoms with E-state index in [4.69, 9.17) is 4.74 Å². The van der Waals surface area contributed by atoms with Gasteiger partial charge in [-0.3, -0.25) is 19.0 Å². The zero-order chi connectivity index (χ0) is 22.2. The molecule has 0 aliphatic rings. The van der Waals surface area contributed by atoms with E-state index in [1.54, 1.807) is 16.2 Å². The van der Waals surface area contributed by atoms with Crippen molar-refractivity contribution < 1.29 is 14.3 Å². The first-order valence-electron chi connectivity index (χ1n) is 10.4. The second-order valence-electron chi connectivity index (χ2n) is 7.28. The average molecular weight is 425 g/mol. The predicted octanol–water partition coefficient (Wildman–Crippen LogP) is 1.80. The number of aromatic nitrogens is 4. The van der Waals surface area contributed by atoms with E-state index in [0.29, 0.717) is 43.7 Å². The van der Waals surface area contributed by atoms with Crippen molar-refractivity contribution in [1.29, 1.82) is 0 Å². The van der Waals surface area contributed by atoms with Crippen LogP contribution in [0.15, 0.2) is 41.6 Å². The van der Waals surface area contributed by atoms with Gasteiger partial charge in [-0.1, -0.05) is 29.8 Å². The molecule has 0 saturated carbocycles. The third-order valence-corrected chi connectivity index (χ3v) is 4.83. The smallest absolute Gasteiger partial charge is 0.305 e. The van der Waals surface area contributed by atoms with E-state index in [0.717, 1.165) is 11.1 Å². The Hall–Kier alpha value is -3.49. The van der Waals surface area contributed by atoms with Crippen LogP contribution in [0.25, 0.3) is 11.0 Å². The normalized spacial score (nSPS) is 10.9. The number of benzene rings is 1. The molecular formula is C22H27N5O4. The number of carbonyl (C=O) groups is 2. The Labute approximate surface area is 180 Å². The van der Waals surface area contributed by atoms with Crippen molar-refractivity contribution in [1.82, 2.24) is 24.6 Å². The van der Waals surface area contributed by atoms with Crippen molar-refractivity contribution >= 4 is 22.9 Å². The molecule has 1 amide bonds. The van der Waals surface area contributed by atoms with E-state index in [1.807, 2.05) is 31.2 Å². The average Bonchev–Trinajstić information content (AvgIpc) is 3.15. The van der Waals surface area contributed by atoms with Crippen LogP contribution in [0.5, 0.6) is 0 Å². The van der Waals surface area contributed by atoms with Gasteiger partial charge in [0.2, 0.25) is 5.91 Å². The lowest BCUT2D eigenvalue weighted by atomic mass is 10.1. The molecule has 3 aromatic rings. The van der Waals surface area contributed by atoms with Crippen LogP contribution in [-0.4, -0.2) is 44.4 Å². The van der Waals surface area contributed by atoms with E-state index in [1.165, 1.54) is 12.5 Å². The third-order valence-electron chi connectivity index (χ3n) is 4.83. The Morgan fingerprint density at radius 2 is 1.94 bits per heavy atom. The van der Waals surface area contributed by atoms with Crippen molar-refractivity contribution in [2.45, 2.75) is 46.2 Å². The Morgan fingerprint density at radius 3 is 2.68 bits per heavy atom. The van der Waals surface area contributed by atoms with E-state index in [9.17, 15) is 14.4 Å². The fraction of sp³-hybridized carbons (Fsp3) is 0.409. The second-order valence-corrected chi connectivity index (χ2v) is 7.28. The lowest BCUT2D eigenvalue weighted by molar-refractivity contribution is -0.143. The molecule has 0 fully saturated rings. The number of esters is 1. The minimum Gasteiger partial charge on any atom is -0.466 e. The van der Waals surface area contributed by atoms with Gasteiger partial charge < -0.3 is 10.1 Å². The summed E-state index contributed by atoms with van der Waals surface area (Å²) < 4.78 is 8.00. The van der Waals surface area contributed by atoms with Crippen LogP contribution in [0.2, 0.25) is 0 Å². The summed E-state index contributed by atoms with van der Waals surface area (Å²) in [5.74, 6) is -0.438. The first-order valence-corrected chi connectivity index (χ1v) is 10.4. The fourth-order valence-corrected chi connectivity index (χ4v) is 3.18. The monoisotopic (exact) mass is 425 g/mol. The minimum atomic E-state index is -0.294. The molecule has 1 N–H and O–H groups in total.